The third-order valence-electron chi connectivity index (χ3n) is 1.90. The minimum atomic E-state index is 0.158. The van der Waals surface area contributed by atoms with E-state index < -0.39 is 0 Å². The molecule has 0 saturated heterocycles. The number of alkyl halides is 1. The third-order valence-corrected chi connectivity index (χ3v) is 4.14. The van der Waals surface area contributed by atoms with Crippen molar-refractivity contribution in [1.82, 2.24) is 5.32 Å². The van der Waals surface area contributed by atoms with E-state index in [4.69, 9.17) is 11.6 Å². The van der Waals surface area contributed by atoms with Crippen molar-refractivity contribution in [2.75, 3.05) is 12.5 Å². The number of rotatable bonds is 4. The molecule has 1 nitrogen and oxygen atoms in total. The molecule has 1 N–H and O–H groups in total. The zero-order chi connectivity index (χ0) is 9.90. The molecule has 0 amide bonds. The normalized spacial score (nSPS) is 12.0. The topological polar surface area (TPSA) is 12.0 Å². The summed E-state index contributed by atoms with van der Waals surface area (Å²) in [5, 5.41) is 5.26. The van der Waals surface area contributed by atoms with Gasteiger partial charge in [-0.05, 0) is 22.0 Å². The zero-order valence-corrected chi connectivity index (χ0v) is 10.9. The van der Waals surface area contributed by atoms with E-state index in [-0.39, 0.29) is 5.41 Å². The summed E-state index contributed by atoms with van der Waals surface area (Å²) < 4.78 is 1.16. The van der Waals surface area contributed by atoms with Gasteiger partial charge in [-0.15, -0.1) is 22.9 Å². The van der Waals surface area contributed by atoms with Gasteiger partial charge in [-0.3, -0.25) is 0 Å². The van der Waals surface area contributed by atoms with Gasteiger partial charge in [0, 0.05) is 26.7 Å². The van der Waals surface area contributed by atoms with Crippen LogP contribution >= 0.6 is 38.9 Å². The van der Waals surface area contributed by atoms with Crippen LogP contribution in [0, 0.1) is 0 Å². The highest BCUT2D eigenvalue weighted by Gasteiger charge is 2.21. The van der Waals surface area contributed by atoms with Crippen LogP contribution < -0.4 is 5.32 Å². The Bertz CT molecular complexity index is 272. The van der Waals surface area contributed by atoms with E-state index in [0.717, 1.165) is 11.0 Å². The van der Waals surface area contributed by atoms with Gasteiger partial charge in [-0.25, -0.2) is 0 Å². The van der Waals surface area contributed by atoms with E-state index in [9.17, 15) is 0 Å². The van der Waals surface area contributed by atoms with Crippen molar-refractivity contribution in [1.29, 1.82) is 0 Å². The van der Waals surface area contributed by atoms with E-state index in [1.807, 2.05) is 0 Å². The lowest BCUT2D eigenvalue weighted by molar-refractivity contribution is 0.498. The fourth-order valence-corrected chi connectivity index (χ4v) is 2.76. The van der Waals surface area contributed by atoms with Crippen molar-refractivity contribution in [2.45, 2.75) is 19.3 Å². The van der Waals surface area contributed by atoms with Gasteiger partial charge in [0.05, 0.1) is 6.00 Å². The van der Waals surface area contributed by atoms with E-state index in [0.29, 0.717) is 6.00 Å². The fourth-order valence-electron chi connectivity index (χ4n) is 1.11. The average Bonchev–Trinajstić information content (AvgIpc) is 2.49. The van der Waals surface area contributed by atoms with Crippen LogP contribution in [0.4, 0.5) is 0 Å². The first kappa shape index (κ1) is 11.5. The summed E-state index contributed by atoms with van der Waals surface area (Å²) in [6, 6.07) is 2.68. The highest BCUT2D eigenvalue weighted by Crippen LogP contribution is 2.30. The molecule has 0 aliphatic rings. The zero-order valence-electron chi connectivity index (χ0n) is 7.73. The number of nitrogens with one attached hydrogen (secondary N) is 1. The lowest BCUT2D eigenvalue weighted by Crippen LogP contribution is -2.31. The second kappa shape index (κ2) is 4.78. The molecule has 1 aromatic rings. The molecule has 1 rings (SSSR count). The van der Waals surface area contributed by atoms with Gasteiger partial charge in [0.25, 0.3) is 0 Å². The van der Waals surface area contributed by atoms with Gasteiger partial charge in [0.1, 0.15) is 0 Å². The van der Waals surface area contributed by atoms with Gasteiger partial charge < -0.3 is 5.32 Å². The van der Waals surface area contributed by atoms with Crippen LogP contribution in [0.5, 0.6) is 0 Å². The standard InChI is InChI=1S/C9H13BrClNS/c1-9(2,5-12-6-11)8-3-7(10)4-13-8/h3-4,12H,5-6H2,1-2H3. The summed E-state index contributed by atoms with van der Waals surface area (Å²) in [6.07, 6.45) is 0. The van der Waals surface area contributed by atoms with E-state index in [1.165, 1.54) is 4.88 Å². The Balaban J connectivity index is 2.68. The SMILES string of the molecule is CC(C)(CNCCl)c1cc(Br)cs1. The molecule has 0 aliphatic carbocycles. The first-order chi connectivity index (χ1) is 6.06. The molecule has 0 aromatic carbocycles. The van der Waals surface area contributed by atoms with Crippen molar-refractivity contribution in [2.24, 2.45) is 0 Å². The number of hydrogen-bond donors (Lipinski definition) is 1. The van der Waals surface area contributed by atoms with Crippen molar-refractivity contribution >= 4 is 38.9 Å². The molecular formula is C9H13BrClNS. The Hall–Kier alpha value is 0.430. The molecule has 74 valence electrons. The summed E-state index contributed by atoms with van der Waals surface area (Å²) in [5.74, 6) is 0. The van der Waals surface area contributed by atoms with Gasteiger partial charge in [-0.1, -0.05) is 13.8 Å². The molecule has 1 heterocycles. The van der Waals surface area contributed by atoms with Gasteiger partial charge >= 0.3 is 0 Å². The Morgan fingerprint density at radius 1 is 1.62 bits per heavy atom. The van der Waals surface area contributed by atoms with Gasteiger partial charge in [0.2, 0.25) is 0 Å². The molecule has 0 fully saturated rings. The van der Waals surface area contributed by atoms with Crippen molar-refractivity contribution < 1.29 is 0 Å². The summed E-state index contributed by atoms with van der Waals surface area (Å²) in [5.41, 5.74) is 0.158. The summed E-state index contributed by atoms with van der Waals surface area (Å²) in [4.78, 5) is 1.37. The second-order valence-electron chi connectivity index (χ2n) is 3.57. The predicted molar refractivity (Wildman–Crippen MR) is 63.8 cm³/mol. The maximum absolute atomic E-state index is 5.58. The summed E-state index contributed by atoms with van der Waals surface area (Å²) >= 11 is 10.8. The fraction of sp³-hybridized carbons (Fsp3) is 0.556. The lowest BCUT2D eigenvalue weighted by Gasteiger charge is -2.22. The molecule has 13 heavy (non-hydrogen) atoms. The Morgan fingerprint density at radius 2 is 2.31 bits per heavy atom. The summed E-state index contributed by atoms with van der Waals surface area (Å²) in [6.45, 7) is 5.33. The minimum absolute atomic E-state index is 0.158. The second-order valence-corrected chi connectivity index (χ2v) is 5.67. The number of halogens is 2. The summed E-state index contributed by atoms with van der Waals surface area (Å²) in [7, 11) is 0. The van der Waals surface area contributed by atoms with Crippen molar-refractivity contribution in [3.8, 4) is 0 Å². The first-order valence-electron chi connectivity index (χ1n) is 4.07. The van der Waals surface area contributed by atoms with Crippen LogP contribution in [0.15, 0.2) is 15.9 Å². The Kier molecular flexibility index (Phi) is 4.23. The van der Waals surface area contributed by atoms with Crippen molar-refractivity contribution in [3.05, 3.63) is 20.8 Å². The van der Waals surface area contributed by atoms with E-state index in [2.05, 4.69) is 46.5 Å². The molecule has 0 atom stereocenters. The molecule has 0 saturated carbocycles. The maximum Gasteiger partial charge on any atom is 0.0713 e. The van der Waals surface area contributed by atoms with E-state index >= 15 is 0 Å². The number of thiophene rings is 1. The van der Waals surface area contributed by atoms with Crippen LogP contribution in [0.2, 0.25) is 0 Å². The highest BCUT2D eigenvalue weighted by molar-refractivity contribution is 9.10. The molecule has 0 bridgehead atoms. The smallest absolute Gasteiger partial charge is 0.0713 e. The van der Waals surface area contributed by atoms with Crippen LogP contribution in [0.3, 0.4) is 0 Å². The van der Waals surface area contributed by atoms with Gasteiger partial charge in [0.15, 0.2) is 0 Å². The minimum Gasteiger partial charge on any atom is -0.303 e. The van der Waals surface area contributed by atoms with Gasteiger partial charge in [-0.2, -0.15) is 0 Å². The largest absolute Gasteiger partial charge is 0.303 e. The van der Waals surface area contributed by atoms with Crippen LogP contribution in [0.1, 0.15) is 18.7 Å². The molecule has 0 spiro atoms. The highest BCUT2D eigenvalue weighted by atomic mass is 79.9. The predicted octanol–water partition coefficient (Wildman–Crippen LogP) is 3.57. The lowest BCUT2D eigenvalue weighted by atomic mass is 9.92. The van der Waals surface area contributed by atoms with Crippen LogP contribution in [0.25, 0.3) is 0 Å². The molecule has 0 unspecified atom stereocenters. The molecular weight excluding hydrogens is 270 g/mol. The quantitative estimate of drug-likeness (QED) is 0.657. The molecule has 0 radical (unpaired) electrons. The average molecular weight is 283 g/mol. The Morgan fingerprint density at radius 3 is 2.77 bits per heavy atom. The maximum atomic E-state index is 5.58. The van der Waals surface area contributed by atoms with E-state index in [1.54, 1.807) is 11.3 Å². The Labute approximate surface area is 96.6 Å². The third kappa shape index (κ3) is 3.24. The molecule has 4 heteroatoms. The number of hydrogen-bond acceptors (Lipinski definition) is 2. The van der Waals surface area contributed by atoms with Crippen molar-refractivity contribution in [3.63, 3.8) is 0 Å². The molecule has 1 aromatic heterocycles. The van der Waals surface area contributed by atoms with Crippen LogP contribution in [-0.2, 0) is 5.41 Å². The van der Waals surface area contributed by atoms with Crippen LogP contribution in [-0.4, -0.2) is 12.5 Å². The first-order valence-corrected chi connectivity index (χ1v) is 6.28. The molecule has 0 aliphatic heterocycles. The monoisotopic (exact) mass is 281 g/mol.